The summed E-state index contributed by atoms with van der Waals surface area (Å²) in [5.41, 5.74) is 3.15. The molecule has 8 heteroatoms. The minimum Gasteiger partial charge on any atom is -0.489 e. The van der Waals surface area contributed by atoms with Crippen molar-refractivity contribution in [2.75, 3.05) is 33.4 Å². The van der Waals surface area contributed by atoms with Crippen molar-refractivity contribution in [1.82, 2.24) is 15.2 Å². The van der Waals surface area contributed by atoms with Gasteiger partial charge in [-0.15, -0.1) is 0 Å². The van der Waals surface area contributed by atoms with Gasteiger partial charge in [-0.1, -0.05) is 24.3 Å². The van der Waals surface area contributed by atoms with Crippen molar-refractivity contribution >= 4 is 23.3 Å². The highest BCUT2D eigenvalue weighted by molar-refractivity contribution is 7.80. The van der Waals surface area contributed by atoms with Gasteiger partial charge in [-0.25, -0.2) is 4.79 Å². The van der Waals surface area contributed by atoms with E-state index in [9.17, 15) is 4.79 Å². The molecule has 2 heterocycles. The van der Waals surface area contributed by atoms with Crippen molar-refractivity contribution in [3.63, 3.8) is 0 Å². The summed E-state index contributed by atoms with van der Waals surface area (Å²) in [6.45, 7) is 2.33. The second-order valence-corrected chi connectivity index (χ2v) is 7.86. The van der Waals surface area contributed by atoms with Crippen LogP contribution in [0.3, 0.4) is 0 Å². The van der Waals surface area contributed by atoms with Gasteiger partial charge in [0.25, 0.3) is 0 Å². The molecule has 4 rings (SSSR count). The van der Waals surface area contributed by atoms with Crippen LogP contribution < -0.4 is 10.1 Å². The largest absolute Gasteiger partial charge is 0.489 e. The predicted octanol–water partition coefficient (Wildman–Crippen LogP) is 1.99. The Labute approximate surface area is 181 Å². The molecule has 1 aliphatic heterocycles. The van der Waals surface area contributed by atoms with Crippen LogP contribution in [0.1, 0.15) is 21.5 Å². The van der Waals surface area contributed by atoms with Crippen LogP contribution in [0.4, 0.5) is 0 Å². The van der Waals surface area contributed by atoms with Gasteiger partial charge in [0.05, 0.1) is 25.5 Å². The number of fused-ring (bicyclic) bond motifs is 1. The number of hydrogen-bond acceptors (Lipinski definition) is 6. The predicted molar refractivity (Wildman–Crippen MR) is 116 cm³/mol. The molecule has 7 nitrogen and oxygen atoms in total. The van der Waals surface area contributed by atoms with Gasteiger partial charge in [-0.2, -0.15) is 0 Å². The first kappa shape index (κ1) is 20.6. The van der Waals surface area contributed by atoms with Gasteiger partial charge >= 0.3 is 5.97 Å². The third kappa shape index (κ3) is 4.88. The molecular formula is C22H25N3O4S. The molecule has 1 unspecified atom stereocenters. The van der Waals surface area contributed by atoms with Gasteiger partial charge in [0.2, 0.25) is 0 Å². The van der Waals surface area contributed by atoms with Gasteiger partial charge in [0.15, 0.2) is 5.11 Å². The van der Waals surface area contributed by atoms with E-state index in [0.717, 1.165) is 24.5 Å². The first-order chi connectivity index (χ1) is 14.6. The van der Waals surface area contributed by atoms with E-state index in [4.69, 9.17) is 26.4 Å². The van der Waals surface area contributed by atoms with Crippen LogP contribution in [0.5, 0.6) is 5.75 Å². The van der Waals surface area contributed by atoms with E-state index in [1.807, 2.05) is 0 Å². The molecule has 0 bridgehead atoms. The number of hydrogen-bond donors (Lipinski definition) is 1. The Morgan fingerprint density at radius 2 is 2.07 bits per heavy atom. The fourth-order valence-electron chi connectivity index (χ4n) is 3.85. The molecule has 158 valence electrons. The van der Waals surface area contributed by atoms with E-state index < -0.39 is 5.97 Å². The number of methoxy groups -OCH3 is 1. The number of thiocarbonyl (C=S) groups is 1. The number of esters is 1. The molecule has 2 aromatic rings. The van der Waals surface area contributed by atoms with Gasteiger partial charge in [0, 0.05) is 25.3 Å². The van der Waals surface area contributed by atoms with Crippen molar-refractivity contribution in [3.05, 3.63) is 59.4 Å². The minimum absolute atomic E-state index is 0.124. The third-order valence-corrected chi connectivity index (χ3v) is 5.75. The molecule has 1 aromatic carbocycles. The lowest BCUT2D eigenvalue weighted by Gasteiger charge is -2.35. The Bertz CT molecular complexity index is 898. The van der Waals surface area contributed by atoms with Crippen LogP contribution in [0, 0.1) is 0 Å². The standard InChI is InChI=1S/C22H25N3O4S/c1-27-21(26)17-10-19(12-23-11-17)29-14-20-13-25(6-7-28-20)22(30)24-18-8-15-4-2-3-5-16(15)9-18/h2-5,10-12,18,20H,6-9,13-14H2,1H3,(H,24,30). The van der Waals surface area contributed by atoms with Crippen LogP contribution in [-0.4, -0.2) is 66.5 Å². The van der Waals surface area contributed by atoms with Gasteiger partial charge in [-0.3, -0.25) is 4.98 Å². The number of carbonyl (C=O) groups excluding carboxylic acids is 1. The Morgan fingerprint density at radius 1 is 1.30 bits per heavy atom. The second kappa shape index (κ2) is 9.40. The molecule has 0 saturated carbocycles. The molecule has 1 aliphatic carbocycles. The van der Waals surface area contributed by atoms with E-state index in [-0.39, 0.29) is 6.10 Å². The van der Waals surface area contributed by atoms with Crippen molar-refractivity contribution in [2.24, 2.45) is 0 Å². The van der Waals surface area contributed by atoms with Crippen LogP contribution >= 0.6 is 12.2 Å². The molecule has 1 N–H and O–H groups in total. The van der Waals surface area contributed by atoms with Crippen molar-refractivity contribution in [3.8, 4) is 5.75 Å². The Hall–Kier alpha value is -2.71. The van der Waals surface area contributed by atoms with Gasteiger partial charge in [-0.05, 0) is 42.3 Å². The lowest BCUT2D eigenvalue weighted by molar-refractivity contribution is -0.0290. The lowest BCUT2D eigenvalue weighted by atomic mass is 10.1. The van der Waals surface area contributed by atoms with Gasteiger partial charge < -0.3 is 24.4 Å². The first-order valence-electron chi connectivity index (χ1n) is 10.0. The summed E-state index contributed by atoms with van der Waals surface area (Å²) >= 11 is 5.67. The Kier molecular flexibility index (Phi) is 6.44. The zero-order valence-electron chi connectivity index (χ0n) is 16.9. The zero-order valence-corrected chi connectivity index (χ0v) is 17.7. The van der Waals surface area contributed by atoms with E-state index in [0.29, 0.717) is 37.1 Å². The highest BCUT2D eigenvalue weighted by atomic mass is 32.1. The second-order valence-electron chi connectivity index (χ2n) is 7.47. The molecule has 1 fully saturated rings. The normalized spacial score (nSPS) is 18.6. The zero-order chi connectivity index (χ0) is 20.9. The third-order valence-electron chi connectivity index (χ3n) is 5.37. The van der Waals surface area contributed by atoms with E-state index >= 15 is 0 Å². The summed E-state index contributed by atoms with van der Waals surface area (Å²) < 4.78 is 16.3. The summed E-state index contributed by atoms with van der Waals surface area (Å²) in [7, 11) is 1.33. The van der Waals surface area contributed by atoms with Crippen LogP contribution in [0.15, 0.2) is 42.7 Å². The topological polar surface area (TPSA) is 72.9 Å². The number of nitrogens with zero attached hydrogens (tertiary/aromatic N) is 2. The fraction of sp³-hybridized carbons (Fsp3) is 0.409. The molecule has 1 aromatic heterocycles. The first-order valence-corrected chi connectivity index (χ1v) is 10.4. The minimum atomic E-state index is -0.446. The Morgan fingerprint density at radius 3 is 2.80 bits per heavy atom. The van der Waals surface area contributed by atoms with E-state index in [2.05, 4.69) is 39.5 Å². The molecule has 2 aliphatic rings. The van der Waals surface area contributed by atoms with E-state index in [1.54, 1.807) is 12.3 Å². The summed E-state index contributed by atoms with van der Waals surface area (Å²) in [5.74, 6) is 0.0570. The van der Waals surface area contributed by atoms with Crippen molar-refractivity contribution in [2.45, 2.75) is 25.0 Å². The monoisotopic (exact) mass is 427 g/mol. The number of ether oxygens (including phenoxy) is 3. The quantitative estimate of drug-likeness (QED) is 0.574. The van der Waals surface area contributed by atoms with E-state index in [1.165, 1.54) is 24.4 Å². The fourth-order valence-corrected chi connectivity index (χ4v) is 4.18. The number of aromatic nitrogens is 1. The lowest BCUT2D eigenvalue weighted by Crippen LogP contribution is -2.53. The molecule has 0 amide bonds. The number of benzene rings is 1. The molecule has 1 saturated heterocycles. The highest BCUT2D eigenvalue weighted by Gasteiger charge is 2.26. The molecule has 0 spiro atoms. The number of rotatable bonds is 5. The SMILES string of the molecule is COC(=O)c1cncc(OCC2CN(C(=S)NC3Cc4ccccc4C3)CCO2)c1. The molecule has 1 atom stereocenters. The summed E-state index contributed by atoms with van der Waals surface area (Å²) in [6, 6.07) is 10.5. The maximum Gasteiger partial charge on any atom is 0.339 e. The summed E-state index contributed by atoms with van der Waals surface area (Å²) in [4.78, 5) is 17.8. The Balaban J connectivity index is 1.27. The van der Waals surface area contributed by atoms with Crippen LogP contribution in [0.25, 0.3) is 0 Å². The number of pyridine rings is 1. The van der Waals surface area contributed by atoms with Crippen LogP contribution in [0.2, 0.25) is 0 Å². The van der Waals surface area contributed by atoms with Gasteiger partial charge in [0.1, 0.15) is 18.5 Å². The maximum absolute atomic E-state index is 11.6. The smallest absolute Gasteiger partial charge is 0.339 e. The number of carbonyl (C=O) groups is 1. The number of nitrogens with one attached hydrogen (secondary N) is 1. The average molecular weight is 428 g/mol. The maximum atomic E-state index is 11.6. The molecular weight excluding hydrogens is 402 g/mol. The molecule has 30 heavy (non-hydrogen) atoms. The summed E-state index contributed by atoms with van der Waals surface area (Å²) in [6.07, 6.45) is 4.88. The van der Waals surface area contributed by atoms with Crippen LogP contribution in [-0.2, 0) is 22.3 Å². The van der Waals surface area contributed by atoms with Crippen molar-refractivity contribution in [1.29, 1.82) is 0 Å². The number of morpholine rings is 1. The average Bonchev–Trinajstić information content (AvgIpc) is 3.20. The molecule has 0 radical (unpaired) electrons. The summed E-state index contributed by atoms with van der Waals surface area (Å²) in [5, 5.41) is 4.28. The van der Waals surface area contributed by atoms with Crippen molar-refractivity contribution < 1.29 is 19.0 Å². The highest BCUT2D eigenvalue weighted by Crippen LogP contribution is 2.22.